The Morgan fingerprint density at radius 2 is 0.983 bits per heavy atom. The highest BCUT2D eigenvalue weighted by Gasteiger charge is 2.28. The topological polar surface area (TPSA) is 172 Å². The third kappa shape index (κ3) is 39.5. The van der Waals surface area contributed by atoms with Gasteiger partial charge in [0.25, 0.3) is 0 Å². The van der Waals surface area contributed by atoms with Crippen molar-refractivity contribution in [1.29, 1.82) is 0 Å². The van der Waals surface area contributed by atoms with Gasteiger partial charge in [-0.25, -0.2) is 4.57 Å². The van der Waals surface area contributed by atoms with Crippen LogP contribution in [0.2, 0.25) is 0 Å². The van der Waals surface area contributed by atoms with Crippen LogP contribution in [-0.4, -0.2) is 59.9 Å². The number of aliphatic carboxylic acids is 1. The van der Waals surface area contributed by atoms with Crippen LogP contribution < -0.4 is 5.73 Å². The molecule has 330 valence electrons. The fraction of sp³-hybridized carbons (Fsp3) is 0.630. The summed E-state index contributed by atoms with van der Waals surface area (Å²) >= 11 is 0. The molecule has 0 aromatic heterocycles. The summed E-state index contributed by atoms with van der Waals surface area (Å²) in [6.07, 6.45) is 49.4. The first kappa shape index (κ1) is 54.7. The van der Waals surface area contributed by atoms with E-state index in [9.17, 15) is 23.8 Å². The van der Waals surface area contributed by atoms with Crippen molar-refractivity contribution in [3.05, 3.63) is 85.1 Å². The Kier molecular flexibility index (Phi) is 38.1. The van der Waals surface area contributed by atoms with Gasteiger partial charge in [-0.2, -0.15) is 0 Å². The minimum atomic E-state index is -4.74. The molecule has 1 unspecified atom stereocenters. The summed E-state index contributed by atoms with van der Waals surface area (Å²) in [6.45, 7) is 2.58. The van der Waals surface area contributed by atoms with Gasteiger partial charge in [-0.3, -0.25) is 23.4 Å². The average molecular weight is 834 g/mol. The Labute approximate surface area is 350 Å². The molecule has 3 atom stereocenters. The molecule has 0 radical (unpaired) electrons. The summed E-state index contributed by atoms with van der Waals surface area (Å²) in [5.74, 6) is -2.48. The highest BCUT2D eigenvalue weighted by molar-refractivity contribution is 7.47. The molecule has 0 saturated carbocycles. The highest BCUT2D eigenvalue weighted by Crippen LogP contribution is 2.43. The van der Waals surface area contributed by atoms with Crippen LogP contribution in [0.3, 0.4) is 0 Å². The second-order valence-corrected chi connectivity index (χ2v) is 15.5. The number of rotatable bonds is 39. The molecule has 11 nitrogen and oxygen atoms in total. The van der Waals surface area contributed by atoms with Crippen LogP contribution in [0.25, 0.3) is 0 Å². The molecule has 0 fully saturated rings. The minimum absolute atomic E-state index is 0.0764. The Bertz CT molecular complexity index is 1300. The summed E-state index contributed by atoms with van der Waals surface area (Å²) in [4.78, 5) is 45.9. The Balaban J connectivity index is 4.49. The van der Waals surface area contributed by atoms with Gasteiger partial charge in [-0.1, -0.05) is 144 Å². The van der Waals surface area contributed by atoms with Gasteiger partial charge < -0.3 is 25.2 Å². The largest absolute Gasteiger partial charge is 0.480 e. The Hall–Kier alpha value is -3.34. The fourth-order valence-corrected chi connectivity index (χ4v) is 6.02. The molecule has 0 aliphatic rings. The molecule has 0 heterocycles. The predicted molar refractivity (Wildman–Crippen MR) is 235 cm³/mol. The van der Waals surface area contributed by atoms with Crippen molar-refractivity contribution in [1.82, 2.24) is 0 Å². The van der Waals surface area contributed by atoms with Crippen LogP contribution in [-0.2, 0) is 37.5 Å². The smallest absolute Gasteiger partial charge is 0.472 e. The molecule has 0 rings (SSSR count). The summed E-state index contributed by atoms with van der Waals surface area (Å²) < 4.78 is 32.6. The van der Waals surface area contributed by atoms with Crippen LogP contribution in [0.1, 0.15) is 155 Å². The Morgan fingerprint density at radius 1 is 0.552 bits per heavy atom. The lowest BCUT2D eigenvalue weighted by molar-refractivity contribution is -0.161. The van der Waals surface area contributed by atoms with Gasteiger partial charge in [-0.15, -0.1) is 0 Å². The fourth-order valence-electron chi connectivity index (χ4n) is 5.25. The van der Waals surface area contributed by atoms with E-state index in [1.54, 1.807) is 0 Å². The molecule has 12 heteroatoms. The number of allylic oxidation sites excluding steroid dienone is 14. The summed E-state index contributed by atoms with van der Waals surface area (Å²) in [5.41, 5.74) is 5.33. The predicted octanol–water partition coefficient (Wildman–Crippen LogP) is 11.5. The normalized spacial score (nSPS) is 14.6. The number of hydrogen-bond acceptors (Lipinski definition) is 9. The maximum atomic E-state index is 12.6. The maximum absolute atomic E-state index is 12.6. The van der Waals surface area contributed by atoms with Crippen molar-refractivity contribution in [2.45, 2.75) is 167 Å². The van der Waals surface area contributed by atoms with Gasteiger partial charge >= 0.3 is 25.7 Å². The standard InChI is InChI=1S/C46H76NO10P/c1-3-5-7-9-11-13-15-17-19-21-23-25-27-29-31-33-35-37-44(48)54-39-42(40-55-58(52,53)56-41-43(47)46(50)51)57-45(49)38-36-34-32-30-28-26-24-22-20-18-16-14-12-10-8-6-4-2/h6,8,11-14,17-20,24,26,30,32,42-43H,3-5,7,9-10,15-16,21-23,25,27-29,31,33-41,47H2,1-2H3,(H,50,51)(H,52,53)/b8-6-,13-11-,14-12-,19-17-,20-18-,26-24-,32-30-/t42-,43+/m1/s1. The first-order valence-corrected chi connectivity index (χ1v) is 23.1. The van der Waals surface area contributed by atoms with E-state index in [4.69, 9.17) is 24.8 Å². The number of carboxylic acids is 1. The number of ether oxygens (including phenoxy) is 2. The lowest BCUT2D eigenvalue weighted by Gasteiger charge is -2.20. The number of phosphoric acid groups is 1. The van der Waals surface area contributed by atoms with Gasteiger partial charge in [-0.05, 0) is 83.5 Å². The third-order valence-corrected chi connectivity index (χ3v) is 9.58. The lowest BCUT2D eigenvalue weighted by Crippen LogP contribution is -2.34. The second kappa shape index (κ2) is 40.4. The Morgan fingerprint density at radius 3 is 1.50 bits per heavy atom. The first-order valence-electron chi connectivity index (χ1n) is 21.6. The van der Waals surface area contributed by atoms with Crippen molar-refractivity contribution >= 4 is 25.7 Å². The molecule has 0 aromatic rings. The molecule has 4 N–H and O–H groups in total. The van der Waals surface area contributed by atoms with Gasteiger partial charge in [0.05, 0.1) is 13.2 Å². The van der Waals surface area contributed by atoms with Gasteiger partial charge in [0, 0.05) is 12.8 Å². The molecule has 0 saturated heterocycles. The van der Waals surface area contributed by atoms with Crippen LogP contribution in [0.4, 0.5) is 0 Å². The first-order chi connectivity index (χ1) is 28.1. The van der Waals surface area contributed by atoms with E-state index in [1.165, 1.54) is 38.5 Å². The van der Waals surface area contributed by atoms with Crippen LogP contribution in [0, 0.1) is 0 Å². The molecule has 0 bridgehead atoms. The van der Waals surface area contributed by atoms with Crippen molar-refractivity contribution in [3.8, 4) is 0 Å². The quantitative estimate of drug-likeness (QED) is 0.0233. The molecule has 0 aliphatic heterocycles. The summed E-state index contributed by atoms with van der Waals surface area (Å²) in [7, 11) is -4.74. The number of nitrogens with two attached hydrogens (primary N) is 1. The molecule has 0 amide bonds. The zero-order valence-electron chi connectivity index (χ0n) is 35.6. The monoisotopic (exact) mass is 834 g/mol. The number of carbonyl (C=O) groups is 3. The van der Waals surface area contributed by atoms with E-state index in [1.807, 2.05) is 12.2 Å². The number of carbonyl (C=O) groups excluding carboxylic acids is 2. The second-order valence-electron chi connectivity index (χ2n) is 14.1. The molecular formula is C46H76NO10P. The van der Waals surface area contributed by atoms with Gasteiger partial charge in [0.1, 0.15) is 12.6 Å². The van der Waals surface area contributed by atoms with Gasteiger partial charge in [0.2, 0.25) is 0 Å². The maximum Gasteiger partial charge on any atom is 0.472 e. The average Bonchev–Trinajstić information content (AvgIpc) is 3.20. The van der Waals surface area contributed by atoms with Crippen molar-refractivity contribution in [3.63, 3.8) is 0 Å². The third-order valence-electron chi connectivity index (χ3n) is 8.63. The summed E-state index contributed by atoms with van der Waals surface area (Å²) in [5, 5.41) is 8.89. The van der Waals surface area contributed by atoms with E-state index in [0.717, 1.165) is 70.6 Å². The van der Waals surface area contributed by atoms with Gasteiger partial charge in [0.15, 0.2) is 6.10 Å². The molecule has 0 aromatic carbocycles. The summed E-state index contributed by atoms with van der Waals surface area (Å²) in [6, 6.07) is -1.54. The van der Waals surface area contributed by atoms with E-state index in [0.29, 0.717) is 19.3 Å². The number of phosphoric ester groups is 1. The number of carboxylic acid groups (broad SMARTS) is 1. The molecule has 0 spiro atoms. The highest BCUT2D eigenvalue weighted by atomic mass is 31.2. The minimum Gasteiger partial charge on any atom is -0.480 e. The molecular weight excluding hydrogens is 757 g/mol. The van der Waals surface area contributed by atoms with E-state index in [-0.39, 0.29) is 19.4 Å². The zero-order chi connectivity index (χ0) is 42.8. The van der Waals surface area contributed by atoms with E-state index in [2.05, 4.69) is 91.3 Å². The van der Waals surface area contributed by atoms with Crippen LogP contribution in [0.5, 0.6) is 0 Å². The van der Waals surface area contributed by atoms with Crippen LogP contribution in [0.15, 0.2) is 85.1 Å². The molecule has 0 aliphatic carbocycles. The zero-order valence-corrected chi connectivity index (χ0v) is 36.5. The lowest BCUT2D eigenvalue weighted by atomic mass is 10.1. The molecule has 58 heavy (non-hydrogen) atoms. The van der Waals surface area contributed by atoms with E-state index >= 15 is 0 Å². The SMILES string of the molecule is CC/C=C\C/C=C\C/C=C\C/C=C\C/C=C\CCCC(=O)O[C@H](COC(=O)CCCCCCCCC/C=C\C/C=C\CCCCC)COP(=O)(O)OC[C@H](N)C(=O)O. The van der Waals surface area contributed by atoms with Crippen LogP contribution >= 0.6 is 7.82 Å². The van der Waals surface area contributed by atoms with Crippen molar-refractivity contribution < 1.29 is 47.5 Å². The number of hydrogen-bond donors (Lipinski definition) is 3. The van der Waals surface area contributed by atoms with Crippen molar-refractivity contribution in [2.24, 2.45) is 5.73 Å². The van der Waals surface area contributed by atoms with Crippen molar-refractivity contribution in [2.75, 3.05) is 19.8 Å². The number of unbranched alkanes of at least 4 members (excludes halogenated alkanes) is 11. The number of esters is 2. The van der Waals surface area contributed by atoms with E-state index < -0.39 is 51.1 Å².